The number of nitrogens with zero attached hydrogens (tertiary/aromatic N) is 2. The topological polar surface area (TPSA) is 79.2 Å². The van der Waals surface area contributed by atoms with Gasteiger partial charge in [-0.15, -0.1) is 0 Å². The van der Waals surface area contributed by atoms with Crippen LogP contribution in [0.25, 0.3) is 11.0 Å². The van der Waals surface area contributed by atoms with Crippen molar-refractivity contribution in [1.29, 1.82) is 0 Å². The summed E-state index contributed by atoms with van der Waals surface area (Å²) >= 11 is 0. The number of hydrogen-bond donors (Lipinski definition) is 3. The number of benzene rings is 1. The van der Waals surface area contributed by atoms with Gasteiger partial charge in [-0.1, -0.05) is 18.6 Å². The van der Waals surface area contributed by atoms with Crippen LogP contribution >= 0.6 is 0 Å². The summed E-state index contributed by atoms with van der Waals surface area (Å²) in [5.74, 6) is 0.400. The molecule has 0 radical (unpaired) electrons. The lowest BCUT2D eigenvalue weighted by Crippen LogP contribution is -2.40. The first-order valence-corrected chi connectivity index (χ1v) is 8.82. The Morgan fingerprint density at radius 3 is 3.04 bits per heavy atom. The van der Waals surface area contributed by atoms with E-state index in [0.29, 0.717) is 19.0 Å². The van der Waals surface area contributed by atoms with Gasteiger partial charge in [0.05, 0.1) is 23.5 Å². The summed E-state index contributed by atoms with van der Waals surface area (Å²) in [6.45, 7) is 2.11. The van der Waals surface area contributed by atoms with Gasteiger partial charge in [0, 0.05) is 19.6 Å². The Kier molecular flexibility index (Phi) is 5.69. The number of amides is 2. The van der Waals surface area contributed by atoms with Crippen molar-refractivity contribution in [3.63, 3.8) is 0 Å². The molecule has 0 spiro atoms. The molecule has 1 heterocycles. The Balaban J connectivity index is 1.33. The maximum atomic E-state index is 11.8. The number of nitrogens with one attached hydrogen (secondary N) is 2. The monoisotopic (exact) mass is 330 g/mol. The normalized spacial score (nSPS) is 20.9. The van der Waals surface area contributed by atoms with Crippen LogP contribution in [0.2, 0.25) is 0 Å². The van der Waals surface area contributed by atoms with Crippen molar-refractivity contribution in [2.24, 2.45) is 5.92 Å². The molecule has 2 unspecified atom stereocenters. The molecule has 2 amide bonds. The van der Waals surface area contributed by atoms with Crippen molar-refractivity contribution in [3.05, 3.63) is 30.6 Å². The number of rotatable bonds is 6. The van der Waals surface area contributed by atoms with Crippen LogP contribution in [0.15, 0.2) is 30.6 Å². The molecule has 6 heteroatoms. The second kappa shape index (κ2) is 8.15. The number of fused-ring (bicyclic) bond motifs is 1. The van der Waals surface area contributed by atoms with Gasteiger partial charge in [0.25, 0.3) is 0 Å². The summed E-state index contributed by atoms with van der Waals surface area (Å²) in [6, 6.07) is 7.93. The van der Waals surface area contributed by atoms with E-state index in [-0.39, 0.29) is 12.1 Å². The number of para-hydroxylation sites is 2. The summed E-state index contributed by atoms with van der Waals surface area (Å²) < 4.78 is 2.11. The Hall–Kier alpha value is -2.08. The van der Waals surface area contributed by atoms with E-state index in [4.69, 9.17) is 0 Å². The molecule has 0 aliphatic heterocycles. The van der Waals surface area contributed by atoms with Gasteiger partial charge in [-0.25, -0.2) is 9.78 Å². The summed E-state index contributed by atoms with van der Waals surface area (Å²) in [4.78, 5) is 16.2. The second-order valence-electron chi connectivity index (χ2n) is 6.60. The van der Waals surface area contributed by atoms with Crippen LogP contribution < -0.4 is 10.6 Å². The number of urea groups is 1. The zero-order valence-electron chi connectivity index (χ0n) is 13.9. The predicted molar refractivity (Wildman–Crippen MR) is 93.7 cm³/mol. The SMILES string of the molecule is O=C(NCCCn1cnc2ccccc21)NCC1CCCC(O)C1. The molecule has 3 N–H and O–H groups in total. The summed E-state index contributed by atoms with van der Waals surface area (Å²) in [5.41, 5.74) is 2.12. The Morgan fingerprint density at radius 1 is 1.29 bits per heavy atom. The van der Waals surface area contributed by atoms with Gasteiger partial charge < -0.3 is 20.3 Å². The highest BCUT2D eigenvalue weighted by Crippen LogP contribution is 2.23. The molecule has 6 nitrogen and oxygen atoms in total. The number of carbonyl (C=O) groups is 1. The lowest BCUT2D eigenvalue weighted by atomic mass is 9.87. The molecule has 3 rings (SSSR count). The molecule has 2 atom stereocenters. The standard InChI is InChI=1S/C18H26N4O2/c23-15-6-3-5-14(11-15)12-20-18(24)19-9-4-10-22-13-21-16-7-1-2-8-17(16)22/h1-2,7-8,13-15,23H,3-6,9-12H2,(H2,19,20,24). The molecular weight excluding hydrogens is 304 g/mol. The average molecular weight is 330 g/mol. The summed E-state index contributed by atoms with van der Waals surface area (Å²) in [5, 5.41) is 15.5. The number of carbonyl (C=O) groups excluding carboxylic acids is 1. The van der Waals surface area contributed by atoms with Crippen LogP contribution in [-0.4, -0.2) is 39.9 Å². The highest BCUT2D eigenvalue weighted by atomic mass is 16.3. The van der Waals surface area contributed by atoms with E-state index in [9.17, 15) is 9.90 Å². The van der Waals surface area contributed by atoms with Crippen molar-refractivity contribution < 1.29 is 9.90 Å². The quantitative estimate of drug-likeness (QED) is 0.711. The van der Waals surface area contributed by atoms with Crippen LogP contribution in [0.3, 0.4) is 0 Å². The molecule has 0 saturated heterocycles. The average Bonchev–Trinajstić information content (AvgIpc) is 3.00. The van der Waals surface area contributed by atoms with Crippen molar-refractivity contribution in [2.75, 3.05) is 13.1 Å². The number of aliphatic hydroxyl groups is 1. The van der Waals surface area contributed by atoms with Crippen LogP contribution in [0.1, 0.15) is 32.1 Å². The van der Waals surface area contributed by atoms with Gasteiger partial charge in [-0.3, -0.25) is 0 Å². The molecule has 1 aromatic carbocycles. The van der Waals surface area contributed by atoms with E-state index in [1.54, 1.807) is 0 Å². The van der Waals surface area contributed by atoms with E-state index in [1.807, 2.05) is 24.5 Å². The van der Waals surface area contributed by atoms with Crippen molar-refractivity contribution in [2.45, 2.75) is 44.8 Å². The molecule has 24 heavy (non-hydrogen) atoms. The molecule has 130 valence electrons. The number of aryl methyl sites for hydroxylation is 1. The summed E-state index contributed by atoms with van der Waals surface area (Å²) in [7, 11) is 0. The van der Waals surface area contributed by atoms with Crippen molar-refractivity contribution >= 4 is 17.1 Å². The smallest absolute Gasteiger partial charge is 0.314 e. The first-order chi connectivity index (χ1) is 11.7. The summed E-state index contributed by atoms with van der Waals surface area (Å²) in [6.07, 6.45) is 6.34. The lowest BCUT2D eigenvalue weighted by Gasteiger charge is -2.25. The lowest BCUT2D eigenvalue weighted by molar-refractivity contribution is 0.101. The largest absolute Gasteiger partial charge is 0.393 e. The molecule has 0 bridgehead atoms. The maximum absolute atomic E-state index is 11.8. The van der Waals surface area contributed by atoms with Gasteiger partial charge in [0.2, 0.25) is 0 Å². The van der Waals surface area contributed by atoms with Gasteiger partial charge >= 0.3 is 6.03 Å². The van der Waals surface area contributed by atoms with E-state index in [0.717, 1.165) is 49.7 Å². The van der Waals surface area contributed by atoms with Gasteiger partial charge in [0.1, 0.15) is 0 Å². The number of aliphatic hydroxyl groups excluding tert-OH is 1. The number of hydrogen-bond acceptors (Lipinski definition) is 3. The third kappa shape index (κ3) is 4.47. The fraction of sp³-hybridized carbons (Fsp3) is 0.556. The predicted octanol–water partition coefficient (Wildman–Crippen LogP) is 2.28. The Bertz CT molecular complexity index is 670. The van der Waals surface area contributed by atoms with Crippen molar-refractivity contribution in [3.8, 4) is 0 Å². The van der Waals surface area contributed by atoms with Gasteiger partial charge in [-0.2, -0.15) is 0 Å². The highest BCUT2D eigenvalue weighted by molar-refractivity contribution is 5.75. The molecule has 2 aromatic rings. The Labute approximate surface area is 142 Å². The highest BCUT2D eigenvalue weighted by Gasteiger charge is 2.20. The zero-order valence-corrected chi connectivity index (χ0v) is 13.9. The molecular formula is C18H26N4O2. The van der Waals surface area contributed by atoms with Crippen molar-refractivity contribution in [1.82, 2.24) is 20.2 Å². The third-order valence-corrected chi connectivity index (χ3v) is 4.70. The first kappa shape index (κ1) is 16.8. The number of aromatic nitrogens is 2. The molecule has 1 aliphatic carbocycles. The van der Waals surface area contributed by atoms with E-state index in [1.165, 1.54) is 0 Å². The minimum atomic E-state index is -0.196. The van der Waals surface area contributed by atoms with Gasteiger partial charge in [0.15, 0.2) is 0 Å². The fourth-order valence-electron chi connectivity index (χ4n) is 3.39. The Morgan fingerprint density at radius 2 is 2.17 bits per heavy atom. The second-order valence-corrected chi connectivity index (χ2v) is 6.60. The van der Waals surface area contributed by atoms with Crippen LogP contribution in [0.5, 0.6) is 0 Å². The van der Waals surface area contributed by atoms with Gasteiger partial charge in [-0.05, 0) is 43.7 Å². The fourth-order valence-corrected chi connectivity index (χ4v) is 3.39. The third-order valence-electron chi connectivity index (χ3n) is 4.70. The zero-order chi connectivity index (χ0) is 16.8. The first-order valence-electron chi connectivity index (χ1n) is 8.82. The van der Waals surface area contributed by atoms with Crippen LogP contribution in [-0.2, 0) is 6.54 Å². The van der Waals surface area contributed by atoms with Crippen LogP contribution in [0, 0.1) is 5.92 Å². The van der Waals surface area contributed by atoms with E-state index < -0.39 is 0 Å². The maximum Gasteiger partial charge on any atom is 0.314 e. The van der Waals surface area contributed by atoms with E-state index >= 15 is 0 Å². The molecule has 1 fully saturated rings. The molecule has 1 aliphatic rings. The van der Waals surface area contributed by atoms with E-state index in [2.05, 4.69) is 26.3 Å². The minimum Gasteiger partial charge on any atom is -0.393 e. The number of imidazole rings is 1. The molecule has 1 aromatic heterocycles. The molecule has 1 saturated carbocycles. The minimum absolute atomic E-state index is 0.120. The van der Waals surface area contributed by atoms with Crippen LogP contribution in [0.4, 0.5) is 4.79 Å².